The van der Waals surface area contributed by atoms with Crippen LogP contribution in [-0.2, 0) is 0 Å². The van der Waals surface area contributed by atoms with Crippen molar-refractivity contribution in [1.29, 1.82) is 0 Å². The molecule has 1 fully saturated rings. The molecule has 3 nitrogen and oxygen atoms in total. The van der Waals surface area contributed by atoms with Crippen LogP contribution in [0.1, 0.15) is 0 Å². The summed E-state index contributed by atoms with van der Waals surface area (Å²) in [6.45, 7) is 3.40. The summed E-state index contributed by atoms with van der Waals surface area (Å²) in [5.74, 6) is -1.52. The third-order valence-electron chi connectivity index (χ3n) is 2.62. The van der Waals surface area contributed by atoms with Gasteiger partial charge in [0.1, 0.15) is 0 Å². The normalized spacial score (nSPS) is 18.2. The van der Waals surface area contributed by atoms with Crippen molar-refractivity contribution < 1.29 is 8.78 Å². The minimum Gasteiger partial charge on any atom is -0.369 e. The van der Waals surface area contributed by atoms with Crippen molar-refractivity contribution in [1.82, 2.24) is 9.88 Å². The molecular formula is C10H13F2N3. The predicted molar refractivity (Wildman–Crippen MR) is 53.9 cm³/mol. The molecule has 0 N–H and O–H groups in total. The van der Waals surface area contributed by atoms with Crippen molar-refractivity contribution in [3.05, 3.63) is 24.0 Å². The number of likely N-dealkylation sites (N-methyl/N-ethyl adjacent to an activating group) is 1. The topological polar surface area (TPSA) is 19.4 Å². The van der Waals surface area contributed by atoms with Gasteiger partial charge in [-0.2, -0.15) is 13.8 Å². The molecule has 1 aromatic heterocycles. The molecule has 0 aromatic carbocycles. The second-order valence-corrected chi connectivity index (χ2v) is 3.76. The van der Waals surface area contributed by atoms with Crippen LogP contribution in [0.5, 0.6) is 0 Å². The number of halogens is 2. The standard InChI is InChI=1S/C10H13F2N3/c1-14-2-4-15(5-3-14)8-6-9(11)13-10(12)7-8/h6-7H,2-5H2,1H3. The van der Waals surface area contributed by atoms with Gasteiger partial charge in [0.05, 0.1) is 0 Å². The molecule has 1 aliphatic rings. The highest BCUT2D eigenvalue weighted by molar-refractivity contribution is 5.45. The zero-order valence-corrected chi connectivity index (χ0v) is 8.58. The van der Waals surface area contributed by atoms with E-state index in [1.54, 1.807) is 0 Å². The van der Waals surface area contributed by atoms with Crippen LogP contribution in [0, 0.1) is 11.9 Å². The van der Waals surface area contributed by atoms with E-state index in [1.807, 2.05) is 11.9 Å². The van der Waals surface area contributed by atoms with Gasteiger partial charge in [-0.3, -0.25) is 0 Å². The van der Waals surface area contributed by atoms with E-state index < -0.39 is 11.9 Å². The minimum atomic E-state index is -0.760. The van der Waals surface area contributed by atoms with Crippen LogP contribution in [0.4, 0.5) is 14.5 Å². The lowest BCUT2D eigenvalue weighted by Gasteiger charge is -2.33. The number of aromatic nitrogens is 1. The Balaban J connectivity index is 2.15. The second kappa shape index (κ2) is 4.10. The summed E-state index contributed by atoms with van der Waals surface area (Å²) in [5.41, 5.74) is 0.577. The predicted octanol–water partition coefficient (Wildman–Crippen LogP) is 1.11. The molecule has 2 rings (SSSR count). The van der Waals surface area contributed by atoms with Gasteiger partial charge < -0.3 is 9.80 Å². The number of pyridine rings is 1. The first-order valence-corrected chi connectivity index (χ1v) is 4.92. The third kappa shape index (κ3) is 2.41. The van der Waals surface area contributed by atoms with Crippen LogP contribution >= 0.6 is 0 Å². The first-order chi connectivity index (χ1) is 7.15. The quantitative estimate of drug-likeness (QED) is 0.651. The van der Waals surface area contributed by atoms with E-state index in [2.05, 4.69) is 9.88 Å². The summed E-state index contributed by atoms with van der Waals surface area (Å²) >= 11 is 0. The first kappa shape index (κ1) is 10.3. The van der Waals surface area contributed by atoms with Gasteiger partial charge >= 0.3 is 0 Å². The van der Waals surface area contributed by atoms with Gasteiger partial charge in [-0.25, -0.2) is 0 Å². The highest BCUT2D eigenvalue weighted by Gasteiger charge is 2.15. The van der Waals surface area contributed by atoms with E-state index in [1.165, 1.54) is 12.1 Å². The zero-order chi connectivity index (χ0) is 10.8. The van der Waals surface area contributed by atoms with E-state index in [0.29, 0.717) is 5.69 Å². The van der Waals surface area contributed by atoms with E-state index in [9.17, 15) is 8.78 Å². The van der Waals surface area contributed by atoms with Crippen molar-refractivity contribution >= 4 is 5.69 Å². The van der Waals surface area contributed by atoms with Crippen molar-refractivity contribution in [3.8, 4) is 0 Å². The Hall–Kier alpha value is -1.23. The molecule has 0 radical (unpaired) electrons. The van der Waals surface area contributed by atoms with Gasteiger partial charge in [-0.05, 0) is 7.05 Å². The van der Waals surface area contributed by atoms with Crippen LogP contribution < -0.4 is 4.90 Å². The molecule has 0 saturated carbocycles. The maximum absolute atomic E-state index is 12.9. The highest BCUT2D eigenvalue weighted by Crippen LogP contribution is 2.17. The number of hydrogen-bond donors (Lipinski definition) is 0. The van der Waals surface area contributed by atoms with Gasteiger partial charge in [0, 0.05) is 44.0 Å². The maximum Gasteiger partial charge on any atom is 0.217 e. The summed E-state index contributed by atoms with van der Waals surface area (Å²) in [7, 11) is 2.03. The Morgan fingerprint density at radius 3 is 2.13 bits per heavy atom. The zero-order valence-electron chi connectivity index (χ0n) is 8.58. The molecule has 1 aromatic rings. The summed E-state index contributed by atoms with van der Waals surface area (Å²) < 4.78 is 25.7. The Bertz CT molecular complexity index is 328. The molecule has 0 aliphatic carbocycles. The molecule has 82 valence electrons. The molecule has 0 spiro atoms. The van der Waals surface area contributed by atoms with Crippen molar-refractivity contribution in [2.24, 2.45) is 0 Å². The smallest absolute Gasteiger partial charge is 0.217 e. The number of hydrogen-bond acceptors (Lipinski definition) is 3. The van der Waals surface area contributed by atoms with Crippen LogP contribution in [0.15, 0.2) is 12.1 Å². The molecule has 0 unspecified atom stereocenters. The Kier molecular flexibility index (Phi) is 2.81. The molecule has 0 bridgehead atoms. The Labute approximate surface area is 87.3 Å². The van der Waals surface area contributed by atoms with Gasteiger partial charge in [0.25, 0.3) is 0 Å². The summed E-state index contributed by atoms with van der Waals surface area (Å²) in [5, 5.41) is 0. The summed E-state index contributed by atoms with van der Waals surface area (Å²) in [4.78, 5) is 7.22. The Morgan fingerprint density at radius 2 is 1.60 bits per heavy atom. The van der Waals surface area contributed by atoms with Gasteiger partial charge in [-0.1, -0.05) is 0 Å². The lowest BCUT2D eigenvalue weighted by atomic mass is 10.3. The first-order valence-electron chi connectivity index (χ1n) is 4.92. The fourth-order valence-electron chi connectivity index (χ4n) is 1.70. The lowest BCUT2D eigenvalue weighted by molar-refractivity contribution is 0.312. The fourth-order valence-corrected chi connectivity index (χ4v) is 1.70. The molecule has 5 heteroatoms. The van der Waals surface area contributed by atoms with Crippen molar-refractivity contribution in [2.45, 2.75) is 0 Å². The molecular weight excluding hydrogens is 200 g/mol. The largest absolute Gasteiger partial charge is 0.369 e. The average molecular weight is 213 g/mol. The molecule has 0 atom stereocenters. The van der Waals surface area contributed by atoms with E-state index >= 15 is 0 Å². The Morgan fingerprint density at radius 1 is 1.07 bits per heavy atom. The lowest BCUT2D eigenvalue weighted by Crippen LogP contribution is -2.44. The molecule has 2 heterocycles. The number of rotatable bonds is 1. The molecule has 1 saturated heterocycles. The molecule has 1 aliphatic heterocycles. The summed E-state index contributed by atoms with van der Waals surface area (Å²) in [6.07, 6.45) is 0. The van der Waals surface area contributed by atoms with Gasteiger partial charge in [0.15, 0.2) is 0 Å². The third-order valence-corrected chi connectivity index (χ3v) is 2.62. The highest BCUT2D eigenvalue weighted by atomic mass is 19.1. The van der Waals surface area contributed by atoms with E-state index in [0.717, 1.165) is 26.2 Å². The minimum absolute atomic E-state index is 0.577. The van der Waals surface area contributed by atoms with Crippen LogP contribution in [0.25, 0.3) is 0 Å². The van der Waals surface area contributed by atoms with Crippen LogP contribution in [-0.4, -0.2) is 43.1 Å². The molecule has 15 heavy (non-hydrogen) atoms. The maximum atomic E-state index is 12.9. The monoisotopic (exact) mass is 213 g/mol. The van der Waals surface area contributed by atoms with Crippen molar-refractivity contribution in [3.63, 3.8) is 0 Å². The van der Waals surface area contributed by atoms with Crippen molar-refractivity contribution in [2.75, 3.05) is 38.1 Å². The van der Waals surface area contributed by atoms with E-state index in [-0.39, 0.29) is 0 Å². The fraction of sp³-hybridized carbons (Fsp3) is 0.500. The van der Waals surface area contributed by atoms with Crippen LogP contribution in [0.2, 0.25) is 0 Å². The average Bonchev–Trinajstić information content (AvgIpc) is 2.17. The van der Waals surface area contributed by atoms with Gasteiger partial charge in [0.2, 0.25) is 11.9 Å². The van der Waals surface area contributed by atoms with Crippen LogP contribution in [0.3, 0.4) is 0 Å². The number of piperazine rings is 1. The number of anilines is 1. The SMILES string of the molecule is CN1CCN(c2cc(F)nc(F)c2)CC1. The van der Waals surface area contributed by atoms with Gasteiger partial charge in [-0.15, -0.1) is 0 Å². The molecule has 0 amide bonds. The summed E-state index contributed by atoms with van der Waals surface area (Å²) in [6, 6.07) is 2.54. The number of nitrogens with zero attached hydrogens (tertiary/aromatic N) is 3. The second-order valence-electron chi connectivity index (χ2n) is 3.76. The van der Waals surface area contributed by atoms with E-state index in [4.69, 9.17) is 0 Å².